The highest BCUT2D eigenvalue weighted by Crippen LogP contribution is 2.18. The number of aryl methyl sites for hydroxylation is 1. The first-order valence-electron chi connectivity index (χ1n) is 6.71. The normalized spacial score (nSPS) is 23.9. The molecule has 5 heteroatoms. The molecule has 1 heterocycles. The number of carbonyl (C=O) groups is 1. The summed E-state index contributed by atoms with van der Waals surface area (Å²) in [4.78, 5) is 16.0. The highest BCUT2D eigenvalue weighted by Gasteiger charge is 2.22. The average molecular weight is 250 g/mol. The second kappa shape index (κ2) is 6.00. The Labute approximate surface area is 108 Å². The third-order valence-electron chi connectivity index (χ3n) is 3.60. The van der Waals surface area contributed by atoms with Gasteiger partial charge in [-0.2, -0.15) is 0 Å². The molecule has 0 aromatic carbocycles. The van der Waals surface area contributed by atoms with Crippen LogP contribution in [0.2, 0.25) is 0 Å². The minimum absolute atomic E-state index is 0.0121. The van der Waals surface area contributed by atoms with Gasteiger partial charge in [0.25, 0.3) is 5.91 Å². The first-order chi connectivity index (χ1) is 8.70. The Morgan fingerprint density at radius 3 is 2.61 bits per heavy atom. The predicted octanol–water partition coefficient (Wildman–Crippen LogP) is 1.07. The van der Waals surface area contributed by atoms with E-state index in [-0.39, 0.29) is 5.91 Å². The molecule has 1 aromatic heterocycles. The van der Waals surface area contributed by atoms with Crippen LogP contribution in [0.5, 0.6) is 0 Å². The number of hydrogen-bond acceptors (Lipinski definition) is 3. The van der Waals surface area contributed by atoms with Crippen LogP contribution in [-0.2, 0) is 7.05 Å². The molecule has 2 N–H and O–H groups in total. The van der Waals surface area contributed by atoms with Crippen LogP contribution in [-0.4, -0.2) is 34.1 Å². The molecule has 1 aliphatic carbocycles. The van der Waals surface area contributed by atoms with Crippen molar-refractivity contribution in [3.8, 4) is 0 Å². The minimum Gasteiger partial charge on any atom is -0.348 e. The van der Waals surface area contributed by atoms with Crippen molar-refractivity contribution in [2.45, 2.75) is 44.7 Å². The van der Waals surface area contributed by atoms with Crippen molar-refractivity contribution in [2.24, 2.45) is 7.05 Å². The summed E-state index contributed by atoms with van der Waals surface area (Å²) in [7, 11) is 1.84. The molecule has 0 radical (unpaired) electrons. The van der Waals surface area contributed by atoms with E-state index in [1.54, 1.807) is 17.1 Å². The van der Waals surface area contributed by atoms with Gasteiger partial charge in [0.2, 0.25) is 0 Å². The molecule has 2 rings (SSSR count). The van der Waals surface area contributed by atoms with Gasteiger partial charge in [0.05, 0.1) is 12.5 Å². The van der Waals surface area contributed by atoms with E-state index < -0.39 is 0 Å². The Hall–Kier alpha value is -1.36. The Balaban J connectivity index is 1.81. The standard InChI is InChI=1S/C13H22N4O/c1-3-15-10-4-6-11(7-5-10)16-13(18)12-8-14-9-17(12)2/h8-11,15H,3-7H2,1-2H3,(H,16,18). The van der Waals surface area contributed by atoms with Crippen LogP contribution in [0, 0.1) is 0 Å². The van der Waals surface area contributed by atoms with Gasteiger partial charge in [0, 0.05) is 19.1 Å². The van der Waals surface area contributed by atoms with E-state index in [1.165, 1.54) is 0 Å². The number of imidazole rings is 1. The smallest absolute Gasteiger partial charge is 0.269 e. The fourth-order valence-electron chi connectivity index (χ4n) is 2.57. The molecule has 1 saturated carbocycles. The summed E-state index contributed by atoms with van der Waals surface area (Å²) in [6, 6.07) is 0.933. The van der Waals surface area contributed by atoms with Gasteiger partial charge >= 0.3 is 0 Å². The van der Waals surface area contributed by atoms with Gasteiger partial charge < -0.3 is 15.2 Å². The summed E-state index contributed by atoms with van der Waals surface area (Å²) in [5, 5.41) is 6.57. The Bertz CT molecular complexity index is 393. The van der Waals surface area contributed by atoms with E-state index in [2.05, 4.69) is 22.5 Å². The van der Waals surface area contributed by atoms with Crippen molar-refractivity contribution in [1.29, 1.82) is 0 Å². The van der Waals surface area contributed by atoms with Gasteiger partial charge in [0.15, 0.2) is 0 Å². The molecule has 0 saturated heterocycles. The lowest BCUT2D eigenvalue weighted by atomic mass is 9.91. The molecule has 1 aromatic rings. The quantitative estimate of drug-likeness (QED) is 0.840. The Kier molecular flexibility index (Phi) is 4.36. The molecular weight excluding hydrogens is 228 g/mol. The maximum atomic E-state index is 12.0. The average Bonchev–Trinajstić information content (AvgIpc) is 2.78. The Morgan fingerprint density at radius 1 is 1.39 bits per heavy atom. The number of amides is 1. The van der Waals surface area contributed by atoms with Gasteiger partial charge in [0.1, 0.15) is 5.69 Å². The van der Waals surface area contributed by atoms with E-state index in [4.69, 9.17) is 0 Å². The maximum Gasteiger partial charge on any atom is 0.269 e. The van der Waals surface area contributed by atoms with Gasteiger partial charge in [-0.25, -0.2) is 4.98 Å². The van der Waals surface area contributed by atoms with E-state index in [0.717, 1.165) is 32.2 Å². The zero-order chi connectivity index (χ0) is 13.0. The van der Waals surface area contributed by atoms with Crippen LogP contribution in [0.3, 0.4) is 0 Å². The summed E-state index contributed by atoms with van der Waals surface area (Å²) in [5.74, 6) is -0.0121. The first-order valence-corrected chi connectivity index (χ1v) is 6.71. The van der Waals surface area contributed by atoms with Crippen LogP contribution < -0.4 is 10.6 Å². The second-order valence-electron chi connectivity index (χ2n) is 4.97. The number of hydrogen-bond donors (Lipinski definition) is 2. The zero-order valence-corrected chi connectivity index (χ0v) is 11.1. The SMILES string of the molecule is CCNC1CCC(NC(=O)c2cncn2C)CC1. The summed E-state index contributed by atoms with van der Waals surface area (Å²) < 4.78 is 1.75. The third kappa shape index (κ3) is 3.10. The molecule has 0 atom stereocenters. The van der Waals surface area contributed by atoms with Crippen LogP contribution in [0.25, 0.3) is 0 Å². The highest BCUT2D eigenvalue weighted by molar-refractivity contribution is 5.92. The van der Waals surface area contributed by atoms with Gasteiger partial charge in [-0.3, -0.25) is 4.79 Å². The monoisotopic (exact) mass is 250 g/mol. The fraction of sp³-hybridized carbons (Fsp3) is 0.692. The van der Waals surface area contributed by atoms with Gasteiger partial charge in [-0.15, -0.1) is 0 Å². The van der Waals surface area contributed by atoms with Crippen LogP contribution in [0.15, 0.2) is 12.5 Å². The van der Waals surface area contributed by atoms with Crippen molar-refractivity contribution in [1.82, 2.24) is 20.2 Å². The maximum absolute atomic E-state index is 12.0. The number of rotatable bonds is 4. The van der Waals surface area contributed by atoms with Crippen LogP contribution in [0.4, 0.5) is 0 Å². The molecule has 18 heavy (non-hydrogen) atoms. The molecule has 0 unspecified atom stereocenters. The molecule has 1 fully saturated rings. The van der Waals surface area contributed by atoms with Crippen molar-refractivity contribution >= 4 is 5.91 Å². The van der Waals surface area contributed by atoms with E-state index >= 15 is 0 Å². The molecule has 0 aliphatic heterocycles. The van der Waals surface area contributed by atoms with E-state index in [9.17, 15) is 4.79 Å². The number of nitrogens with one attached hydrogen (secondary N) is 2. The zero-order valence-electron chi connectivity index (χ0n) is 11.1. The van der Waals surface area contributed by atoms with Crippen LogP contribution >= 0.6 is 0 Å². The summed E-state index contributed by atoms with van der Waals surface area (Å²) in [6.45, 7) is 3.16. The molecule has 5 nitrogen and oxygen atoms in total. The first kappa shape index (κ1) is 13.1. The van der Waals surface area contributed by atoms with Crippen molar-refractivity contribution < 1.29 is 4.79 Å². The fourth-order valence-corrected chi connectivity index (χ4v) is 2.57. The number of carbonyl (C=O) groups excluding carboxylic acids is 1. The van der Waals surface area contributed by atoms with E-state index in [1.807, 2.05) is 7.05 Å². The van der Waals surface area contributed by atoms with Crippen molar-refractivity contribution in [3.05, 3.63) is 18.2 Å². The van der Waals surface area contributed by atoms with Gasteiger partial charge in [-0.1, -0.05) is 6.92 Å². The van der Waals surface area contributed by atoms with Gasteiger partial charge in [-0.05, 0) is 32.2 Å². The molecule has 100 valence electrons. The second-order valence-corrected chi connectivity index (χ2v) is 4.97. The topological polar surface area (TPSA) is 58.9 Å². The predicted molar refractivity (Wildman–Crippen MR) is 70.4 cm³/mol. The summed E-state index contributed by atoms with van der Waals surface area (Å²) >= 11 is 0. The lowest BCUT2D eigenvalue weighted by Crippen LogP contribution is -2.42. The third-order valence-corrected chi connectivity index (χ3v) is 3.60. The van der Waals surface area contributed by atoms with Crippen molar-refractivity contribution in [3.63, 3.8) is 0 Å². The van der Waals surface area contributed by atoms with Crippen molar-refractivity contribution in [2.75, 3.05) is 6.54 Å². The Morgan fingerprint density at radius 2 is 2.06 bits per heavy atom. The lowest BCUT2D eigenvalue weighted by Gasteiger charge is -2.29. The number of aromatic nitrogens is 2. The molecule has 0 bridgehead atoms. The summed E-state index contributed by atoms with van der Waals surface area (Å²) in [6.07, 6.45) is 7.66. The van der Waals surface area contributed by atoms with Crippen LogP contribution in [0.1, 0.15) is 43.1 Å². The largest absolute Gasteiger partial charge is 0.348 e. The number of nitrogens with zero attached hydrogens (tertiary/aromatic N) is 2. The molecule has 0 spiro atoms. The van der Waals surface area contributed by atoms with E-state index in [0.29, 0.717) is 17.8 Å². The molecular formula is C13H22N4O. The molecule has 1 aliphatic rings. The summed E-state index contributed by atoms with van der Waals surface area (Å²) in [5.41, 5.74) is 0.629. The molecule has 1 amide bonds. The lowest BCUT2D eigenvalue weighted by molar-refractivity contribution is 0.0916. The highest BCUT2D eigenvalue weighted by atomic mass is 16.2. The minimum atomic E-state index is -0.0121.